The molecule has 1 aliphatic heterocycles. The molecule has 4 heteroatoms. The van der Waals surface area contributed by atoms with Crippen LogP contribution in [0.25, 0.3) is 0 Å². The van der Waals surface area contributed by atoms with E-state index in [0.717, 1.165) is 11.1 Å². The molecule has 0 fully saturated rings. The third kappa shape index (κ3) is 2.39. The topological polar surface area (TPSA) is 44.5 Å². The average molecular weight is 276 g/mol. The number of rotatable bonds is 2. The standard InChI is InChI=1S/C15H14ClNO2/c16-12-9-14-13(18-6-7-19-14)8-11(12)15(17)10-4-2-1-3-5-10/h1-5,8-9,15H,6-7,17H2. The Hall–Kier alpha value is -1.71. The number of ether oxygens (including phenoxy) is 2. The molecule has 0 aliphatic carbocycles. The second-order valence-electron chi connectivity index (χ2n) is 4.41. The predicted molar refractivity (Wildman–Crippen MR) is 74.9 cm³/mol. The van der Waals surface area contributed by atoms with E-state index in [1.807, 2.05) is 36.4 Å². The minimum atomic E-state index is -0.274. The van der Waals surface area contributed by atoms with Gasteiger partial charge in [-0.2, -0.15) is 0 Å². The third-order valence-electron chi connectivity index (χ3n) is 3.16. The van der Waals surface area contributed by atoms with E-state index in [-0.39, 0.29) is 6.04 Å². The zero-order valence-electron chi connectivity index (χ0n) is 10.3. The fraction of sp³-hybridized carbons (Fsp3) is 0.200. The summed E-state index contributed by atoms with van der Waals surface area (Å²) in [7, 11) is 0. The number of hydrogen-bond acceptors (Lipinski definition) is 3. The lowest BCUT2D eigenvalue weighted by Gasteiger charge is -2.22. The highest BCUT2D eigenvalue weighted by molar-refractivity contribution is 6.31. The van der Waals surface area contributed by atoms with Crippen LogP contribution in [0.4, 0.5) is 0 Å². The molecule has 0 radical (unpaired) electrons. The Morgan fingerprint density at radius 1 is 1.00 bits per heavy atom. The number of benzene rings is 2. The predicted octanol–water partition coefficient (Wildman–Crippen LogP) is 3.16. The smallest absolute Gasteiger partial charge is 0.162 e. The van der Waals surface area contributed by atoms with Gasteiger partial charge >= 0.3 is 0 Å². The molecule has 2 aromatic rings. The SMILES string of the molecule is NC(c1ccccc1)c1cc2c(cc1Cl)OCCO2. The van der Waals surface area contributed by atoms with E-state index in [4.69, 9.17) is 26.8 Å². The average Bonchev–Trinajstić information content (AvgIpc) is 2.47. The molecule has 2 aromatic carbocycles. The Morgan fingerprint density at radius 3 is 2.32 bits per heavy atom. The number of halogens is 1. The van der Waals surface area contributed by atoms with Gasteiger partial charge in [-0.05, 0) is 17.2 Å². The van der Waals surface area contributed by atoms with Crippen molar-refractivity contribution < 1.29 is 9.47 Å². The Balaban J connectivity index is 2.01. The first-order valence-corrected chi connectivity index (χ1v) is 6.53. The highest BCUT2D eigenvalue weighted by atomic mass is 35.5. The zero-order chi connectivity index (χ0) is 13.2. The maximum absolute atomic E-state index is 6.29. The van der Waals surface area contributed by atoms with Crippen LogP contribution in [0.1, 0.15) is 17.2 Å². The van der Waals surface area contributed by atoms with Crippen LogP contribution in [0.2, 0.25) is 5.02 Å². The molecule has 3 rings (SSSR count). The fourth-order valence-electron chi connectivity index (χ4n) is 2.16. The first kappa shape index (κ1) is 12.3. The summed E-state index contributed by atoms with van der Waals surface area (Å²) in [4.78, 5) is 0. The van der Waals surface area contributed by atoms with Gasteiger partial charge in [-0.15, -0.1) is 0 Å². The molecule has 0 aromatic heterocycles. The molecular weight excluding hydrogens is 262 g/mol. The van der Waals surface area contributed by atoms with Gasteiger partial charge in [-0.3, -0.25) is 0 Å². The van der Waals surface area contributed by atoms with Crippen LogP contribution >= 0.6 is 11.6 Å². The maximum atomic E-state index is 6.29. The molecule has 1 atom stereocenters. The summed E-state index contributed by atoms with van der Waals surface area (Å²) in [5, 5.41) is 0.598. The molecule has 98 valence electrons. The molecule has 19 heavy (non-hydrogen) atoms. The lowest BCUT2D eigenvalue weighted by molar-refractivity contribution is 0.171. The minimum absolute atomic E-state index is 0.274. The Bertz CT molecular complexity index is 586. The zero-order valence-corrected chi connectivity index (χ0v) is 11.1. The van der Waals surface area contributed by atoms with Gasteiger partial charge in [-0.1, -0.05) is 41.9 Å². The van der Waals surface area contributed by atoms with E-state index < -0.39 is 0 Å². The number of hydrogen-bond donors (Lipinski definition) is 1. The van der Waals surface area contributed by atoms with E-state index in [1.165, 1.54) is 0 Å². The second-order valence-corrected chi connectivity index (χ2v) is 4.81. The van der Waals surface area contributed by atoms with Gasteiger partial charge < -0.3 is 15.2 Å². The van der Waals surface area contributed by atoms with E-state index >= 15 is 0 Å². The quantitative estimate of drug-likeness (QED) is 0.916. The molecule has 0 bridgehead atoms. The van der Waals surface area contributed by atoms with Gasteiger partial charge in [0.15, 0.2) is 11.5 Å². The summed E-state index contributed by atoms with van der Waals surface area (Å²) in [5.41, 5.74) is 8.13. The Labute approximate surface area is 116 Å². The van der Waals surface area contributed by atoms with Crippen molar-refractivity contribution in [3.63, 3.8) is 0 Å². The molecule has 1 aliphatic rings. The van der Waals surface area contributed by atoms with Gasteiger partial charge in [0, 0.05) is 11.1 Å². The molecule has 0 saturated heterocycles. The molecule has 2 N–H and O–H groups in total. The van der Waals surface area contributed by atoms with Crippen LogP contribution in [0.5, 0.6) is 11.5 Å². The van der Waals surface area contributed by atoms with Gasteiger partial charge in [0.25, 0.3) is 0 Å². The van der Waals surface area contributed by atoms with Crippen molar-refractivity contribution in [2.45, 2.75) is 6.04 Å². The van der Waals surface area contributed by atoms with Gasteiger partial charge in [-0.25, -0.2) is 0 Å². The highest BCUT2D eigenvalue weighted by Crippen LogP contribution is 2.38. The van der Waals surface area contributed by atoms with Crippen LogP contribution in [-0.2, 0) is 0 Å². The van der Waals surface area contributed by atoms with Crippen molar-refractivity contribution >= 4 is 11.6 Å². The van der Waals surface area contributed by atoms with E-state index in [2.05, 4.69) is 0 Å². The molecule has 1 unspecified atom stereocenters. The monoisotopic (exact) mass is 275 g/mol. The highest BCUT2D eigenvalue weighted by Gasteiger charge is 2.19. The van der Waals surface area contributed by atoms with Crippen molar-refractivity contribution in [1.29, 1.82) is 0 Å². The second kappa shape index (κ2) is 5.11. The fourth-order valence-corrected chi connectivity index (χ4v) is 2.43. The number of fused-ring (bicyclic) bond motifs is 1. The summed E-state index contributed by atoms with van der Waals surface area (Å²) in [6, 6.07) is 13.2. The lowest BCUT2D eigenvalue weighted by Crippen LogP contribution is -2.17. The van der Waals surface area contributed by atoms with Crippen molar-refractivity contribution in [1.82, 2.24) is 0 Å². The molecule has 0 spiro atoms. The van der Waals surface area contributed by atoms with Gasteiger partial charge in [0.1, 0.15) is 13.2 Å². The summed E-state index contributed by atoms with van der Waals surface area (Å²) in [5.74, 6) is 1.39. The largest absolute Gasteiger partial charge is 0.486 e. The molecular formula is C15H14ClNO2. The molecule has 1 heterocycles. The molecule has 3 nitrogen and oxygen atoms in total. The van der Waals surface area contributed by atoms with Crippen LogP contribution < -0.4 is 15.2 Å². The lowest BCUT2D eigenvalue weighted by atomic mass is 9.99. The van der Waals surface area contributed by atoms with Crippen LogP contribution in [0.15, 0.2) is 42.5 Å². The van der Waals surface area contributed by atoms with Crippen molar-refractivity contribution in [2.75, 3.05) is 13.2 Å². The maximum Gasteiger partial charge on any atom is 0.162 e. The first-order chi connectivity index (χ1) is 9.25. The van der Waals surface area contributed by atoms with E-state index in [9.17, 15) is 0 Å². The van der Waals surface area contributed by atoms with Gasteiger partial charge in [0.05, 0.1) is 6.04 Å². The number of nitrogens with two attached hydrogens (primary N) is 1. The summed E-state index contributed by atoms with van der Waals surface area (Å²) in [6.07, 6.45) is 0. The molecule has 0 saturated carbocycles. The van der Waals surface area contributed by atoms with Crippen molar-refractivity contribution in [3.8, 4) is 11.5 Å². The van der Waals surface area contributed by atoms with E-state index in [0.29, 0.717) is 29.7 Å². The Morgan fingerprint density at radius 2 is 1.63 bits per heavy atom. The van der Waals surface area contributed by atoms with Crippen LogP contribution in [-0.4, -0.2) is 13.2 Å². The van der Waals surface area contributed by atoms with Crippen molar-refractivity contribution in [2.24, 2.45) is 5.73 Å². The normalized spacial score (nSPS) is 15.1. The van der Waals surface area contributed by atoms with Crippen molar-refractivity contribution in [3.05, 3.63) is 58.6 Å². The van der Waals surface area contributed by atoms with Gasteiger partial charge in [0.2, 0.25) is 0 Å². The Kier molecular flexibility index (Phi) is 3.32. The first-order valence-electron chi connectivity index (χ1n) is 6.15. The van der Waals surface area contributed by atoms with Crippen LogP contribution in [0, 0.1) is 0 Å². The van der Waals surface area contributed by atoms with Crippen LogP contribution in [0.3, 0.4) is 0 Å². The summed E-state index contributed by atoms with van der Waals surface area (Å²) < 4.78 is 11.1. The third-order valence-corrected chi connectivity index (χ3v) is 3.48. The molecule has 0 amide bonds. The van der Waals surface area contributed by atoms with E-state index in [1.54, 1.807) is 6.07 Å². The summed E-state index contributed by atoms with van der Waals surface area (Å²) >= 11 is 6.29. The summed E-state index contributed by atoms with van der Waals surface area (Å²) in [6.45, 7) is 1.10. The minimum Gasteiger partial charge on any atom is -0.486 e.